The predicted molar refractivity (Wildman–Crippen MR) is 67.7 cm³/mol. The smallest absolute Gasteiger partial charge is 0.177 e. The van der Waals surface area contributed by atoms with Gasteiger partial charge in [0, 0.05) is 11.9 Å². The topological polar surface area (TPSA) is 53.6 Å². The van der Waals surface area contributed by atoms with Gasteiger partial charge in [-0.15, -0.1) is 0 Å². The molecule has 0 fully saturated rings. The van der Waals surface area contributed by atoms with Gasteiger partial charge in [-0.3, -0.25) is 0 Å². The minimum Gasteiger partial charge on any atom is -0.378 e. The van der Waals surface area contributed by atoms with Crippen LogP contribution in [0.15, 0.2) is 48.7 Å². The van der Waals surface area contributed by atoms with Crippen molar-refractivity contribution in [3.05, 3.63) is 54.5 Å². The number of para-hydroxylation sites is 1. The summed E-state index contributed by atoms with van der Waals surface area (Å²) in [5, 5.41) is 3.30. The summed E-state index contributed by atoms with van der Waals surface area (Å²) >= 11 is 0. The van der Waals surface area contributed by atoms with Crippen LogP contribution in [0.4, 0.5) is 5.69 Å². The van der Waals surface area contributed by atoms with Crippen molar-refractivity contribution in [2.45, 2.75) is 6.54 Å². The molecule has 3 rings (SSSR count). The predicted octanol–water partition coefficient (Wildman–Crippen LogP) is 2.57. The van der Waals surface area contributed by atoms with Crippen LogP contribution < -0.4 is 5.32 Å². The van der Waals surface area contributed by atoms with Crippen molar-refractivity contribution in [2.75, 3.05) is 5.32 Å². The highest BCUT2D eigenvalue weighted by molar-refractivity contribution is 5.69. The third-order valence-electron chi connectivity index (χ3n) is 2.54. The molecule has 0 radical (unpaired) electrons. The van der Waals surface area contributed by atoms with Gasteiger partial charge < -0.3 is 10.3 Å². The van der Waals surface area contributed by atoms with Crippen molar-refractivity contribution in [3.8, 4) is 0 Å². The van der Waals surface area contributed by atoms with Crippen LogP contribution >= 0.6 is 0 Å². The number of imidazole rings is 1. The van der Waals surface area contributed by atoms with E-state index in [4.69, 9.17) is 0 Å². The van der Waals surface area contributed by atoms with Crippen LogP contribution in [-0.4, -0.2) is 15.0 Å². The summed E-state index contributed by atoms with van der Waals surface area (Å²) in [6.07, 6.45) is 1.75. The van der Waals surface area contributed by atoms with E-state index in [9.17, 15) is 0 Å². The van der Waals surface area contributed by atoms with Gasteiger partial charge in [0.25, 0.3) is 0 Å². The molecule has 0 aliphatic carbocycles. The minimum atomic E-state index is 0.667. The zero-order chi connectivity index (χ0) is 11.5. The number of aromatic amines is 1. The van der Waals surface area contributed by atoms with Crippen molar-refractivity contribution < 1.29 is 0 Å². The van der Waals surface area contributed by atoms with Crippen LogP contribution in [0.3, 0.4) is 0 Å². The van der Waals surface area contributed by atoms with E-state index in [-0.39, 0.29) is 0 Å². The lowest BCUT2D eigenvalue weighted by atomic mass is 10.3. The van der Waals surface area contributed by atoms with Gasteiger partial charge in [-0.05, 0) is 24.3 Å². The molecule has 2 aromatic heterocycles. The van der Waals surface area contributed by atoms with Crippen LogP contribution in [0.5, 0.6) is 0 Å². The first kappa shape index (κ1) is 9.84. The fourth-order valence-electron chi connectivity index (χ4n) is 1.72. The Labute approximate surface area is 98.7 Å². The standard InChI is InChI=1S/C13H12N4/c1-2-5-10(6-3-1)15-9-12-16-11-7-4-8-14-13(11)17-12/h1-8,15H,9H2,(H,14,16,17). The van der Waals surface area contributed by atoms with Gasteiger partial charge in [0.1, 0.15) is 5.82 Å². The number of pyridine rings is 1. The summed E-state index contributed by atoms with van der Waals surface area (Å²) in [5.41, 5.74) is 2.82. The molecular formula is C13H12N4. The SMILES string of the molecule is c1ccc(NCc2nc3ncccc3[nH]2)cc1. The molecule has 1 aromatic carbocycles. The Morgan fingerprint density at radius 1 is 1.06 bits per heavy atom. The lowest BCUT2D eigenvalue weighted by Crippen LogP contribution is -2.00. The highest BCUT2D eigenvalue weighted by Gasteiger charge is 2.02. The molecule has 0 saturated heterocycles. The number of benzene rings is 1. The van der Waals surface area contributed by atoms with Gasteiger partial charge >= 0.3 is 0 Å². The number of nitrogens with zero attached hydrogens (tertiary/aromatic N) is 2. The molecule has 0 spiro atoms. The summed E-state index contributed by atoms with van der Waals surface area (Å²) in [7, 11) is 0. The van der Waals surface area contributed by atoms with Gasteiger partial charge in [0.05, 0.1) is 12.1 Å². The van der Waals surface area contributed by atoms with Gasteiger partial charge in [0.2, 0.25) is 0 Å². The Morgan fingerprint density at radius 3 is 2.76 bits per heavy atom. The maximum absolute atomic E-state index is 4.40. The lowest BCUT2D eigenvalue weighted by molar-refractivity contribution is 1.01. The quantitative estimate of drug-likeness (QED) is 0.719. The Hall–Kier alpha value is -2.36. The summed E-state index contributed by atoms with van der Waals surface area (Å²) in [4.78, 5) is 11.8. The third-order valence-corrected chi connectivity index (χ3v) is 2.54. The fraction of sp³-hybridized carbons (Fsp3) is 0.0769. The lowest BCUT2D eigenvalue weighted by Gasteiger charge is -2.02. The second-order valence-corrected chi connectivity index (χ2v) is 3.78. The molecular weight excluding hydrogens is 212 g/mol. The number of nitrogens with one attached hydrogen (secondary N) is 2. The molecule has 0 saturated carbocycles. The first-order chi connectivity index (χ1) is 8.42. The average Bonchev–Trinajstić information content (AvgIpc) is 2.80. The first-order valence-corrected chi connectivity index (χ1v) is 5.50. The van der Waals surface area contributed by atoms with Crippen LogP contribution in [0.2, 0.25) is 0 Å². The second kappa shape index (κ2) is 4.25. The molecule has 0 unspecified atom stereocenters. The molecule has 17 heavy (non-hydrogen) atoms. The van der Waals surface area contributed by atoms with Crippen molar-refractivity contribution in [3.63, 3.8) is 0 Å². The van der Waals surface area contributed by atoms with Crippen molar-refractivity contribution in [2.24, 2.45) is 0 Å². The molecule has 4 heteroatoms. The van der Waals surface area contributed by atoms with Gasteiger partial charge in [-0.25, -0.2) is 9.97 Å². The molecule has 4 nitrogen and oxygen atoms in total. The second-order valence-electron chi connectivity index (χ2n) is 3.78. The van der Waals surface area contributed by atoms with E-state index < -0.39 is 0 Å². The summed E-state index contributed by atoms with van der Waals surface area (Å²) in [6, 6.07) is 13.9. The molecule has 0 aliphatic rings. The van der Waals surface area contributed by atoms with E-state index in [0.29, 0.717) is 6.54 Å². The first-order valence-electron chi connectivity index (χ1n) is 5.50. The highest BCUT2D eigenvalue weighted by atomic mass is 15.0. The van der Waals surface area contributed by atoms with E-state index in [0.717, 1.165) is 22.7 Å². The largest absolute Gasteiger partial charge is 0.378 e. The molecule has 0 bridgehead atoms. The Balaban J connectivity index is 1.77. The van der Waals surface area contributed by atoms with Gasteiger partial charge in [-0.1, -0.05) is 18.2 Å². The van der Waals surface area contributed by atoms with Crippen LogP contribution in [-0.2, 0) is 6.54 Å². The monoisotopic (exact) mass is 224 g/mol. The fourth-order valence-corrected chi connectivity index (χ4v) is 1.72. The van der Waals surface area contributed by atoms with Crippen molar-refractivity contribution >= 4 is 16.9 Å². The summed E-state index contributed by atoms with van der Waals surface area (Å²) < 4.78 is 0. The Morgan fingerprint density at radius 2 is 1.94 bits per heavy atom. The zero-order valence-corrected chi connectivity index (χ0v) is 9.22. The maximum Gasteiger partial charge on any atom is 0.177 e. The van der Waals surface area contributed by atoms with Crippen LogP contribution in [0, 0.1) is 0 Å². The van der Waals surface area contributed by atoms with E-state index >= 15 is 0 Å². The normalized spacial score (nSPS) is 10.6. The number of hydrogen-bond acceptors (Lipinski definition) is 3. The van der Waals surface area contributed by atoms with Crippen molar-refractivity contribution in [1.82, 2.24) is 15.0 Å². The van der Waals surface area contributed by atoms with E-state index in [1.807, 2.05) is 42.5 Å². The van der Waals surface area contributed by atoms with Crippen LogP contribution in [0.1, 0.15) is 5.82 Å². The van der Waals surface area contributed by atoms with E-state index in [1.165, 1.54) is 0 Å². The number of H-pyrrole nitrogens is 1. The molecule has 0 amide bonds. The molecule has 0 atom stereocenters. The van der Waals surface area contributed by atoms with Crippen molar-refractivity contribution in [1.29, 1.82) is 0 Å². The van der Waals surface area contributed by atoms with E-state index in [1.54, 1.807) is 6.20 Å². The zero-order valence-electron chi connectivity index (χ0n) is 9.22. The summed E-state index contributed by atoms with van der Waals surface area (Å²) in [5.74, 6) is 0.891. The maximum atomic E-state index is 4.40. The third kappa shape index (κ3) is 2.10. The van der Waals surface area contributed by atoms with E-state index in [2.05, 4.69) is 20.3 Å². The van der Waals surface area contributed by atoms with Crippen LogP contribution in [0.25, 0.3) is 11.2 Å². The Bertz CT molecular complexity index is 582. The summed E-state index contributed by atoms with van der Waals surface area (Å²) in [6.45, 7) is 0.667. The molecule has 3 aromatic rings. The number of aromatic nitrogens is 3. The highest BCUT2D eigenvalue weighted by Crippen LogP contribution is 2.10. The number of anilines is 1. The minimum absolute atomic E-state index is 0.667. The number of hydrogen-bond donors (Lipinski definition) is 2. The number of rotatable bonds is 3. The Kier molecular flexibility index (Phi) is 2.46. The molecule has 2 heterocycles. The average molecular weight is 224 g/mol. The molecule has 2 N–H and O–H groups in total. The molecule has 84 valence electrons. The number of fused-ring (bicyclic) bond motifs is 1. The van der Waals surface area contributed by atoms with Gasteiger partial charge in [0.15, 0.2) is 5.65 Å². The van der Waals surface area contributed by atoms with Gasteiger partial charge in [-0.2, -0.15) is 0 Å². The molecule has 0 aliphatic heterocycles.